The highest BCUT2D eigenvalue weighted by atomic mass is 32.2. The first-order valence-electron chi connectivity index (χ1n) is 8.62. The van der Waals surface area contributed by atoms with Crippen LogP contribution in [0.4, 0.5) is 0 Å². The highest BCUT2D eigenvalue weighted by Gasteiger charge is 2.23. The van der Waals surface area contributed by atoms with Crippen LogP contribution in [0.3, 0.4) is 0 Å². The SMILES string of the molecule is CCOc1ccc(-c2nc(CN(C)S(=O)(=O)c3ccccc3)c(C)o2)cc1. The zero-order valence-electron chi connectivity index (χ0n) is 15.5. The Labute approximate surface area is 159 Å². The lowest BCUT2D eigenvalue weighted by Crippen LogP contribution is -2.26. The van der Waals surface area contributed by atoms with Gasteiger partial charge < -0.3 is 9.15 Å². The largest absolute Gasteiger partial charge is 0.494 e. The molecule has 0 aliphatic heterocycles. The lowest BCUT2D eigenvalue weighted by molar-refractivity contribution is 0.340. The first-order chi connectivity index (χ1) is 12.9. The second-order valence-electron chi connectivity index (χ2n) is 6.05. The summed E-state index contributed by atoms with van der Waals surface area (Å²) >= 11 is 0. The number of hydrogen-bond acceptors (Lipinski definition) is 5. The molecule has 0 aliphatic rings. The predicted octanol–water partition coefficient (Wildman–Crippen LogP) is 3.87. The van der Waals surface area contributed by atoms with E-state index in [1.54, 1.807) is 37.3 Å². The Hall–Kier alpha value is -2.64. The van der Waals surface area contributed by atoms with Gasteiger partial charge in [0.05, 0.1) is 23.7 Å². The third-order valence-corrected chi connectivity index (χ3v) is 5.95. The van der Waals surface area contributed by atoms with Crippen LogP contribution in [0, 0.1) is 6.92 Å². The van der Waals surface area contributed by atoms with Crippen LogP contribution in [-0.4, -0.2) is 31.4 Å². The first-order valence-corrected chi connectivity index (χ1v) is 10.1. The van der Waals surface area contributed by atoms with Crippen LogP contribution in [0.5, 0.6) is 5.75 Å². The van der Waals surface area contributed by atoms with Gasteiger partial charge in [0.15, 0.2) is 0 Å². The second-order valence-corrected chi connectivity index (χ2v) is 8.10. The first kappa shape index (κ1) is 19.1. The number of hydrogen-bond donors (Lipinski definition) is 0. The highest BCUT2D eigenvalue weighted by Crippen LogP contribution is 2.25. The van der Waals surface area contributed by atoms with Gasteiger partial charge in [-0.2, -0.15) is 4.31 Å². The van der Waals surface area contributed by atoms with E-state index in [0.717, 1.165) is 11.3 Å². The molecule has 0 saturated carbocycles. The average molecular weight is 386 g/mol. The predicted molar refractivity (Wildman–Crippen MR) is 103 cm³/mol. The van der Waals surface area contributed by atoms with E-state index in [9.17, 15) is 8.42 Å². The zero-order chi connectivity index (χ0) is 19.4. The maximum absolute atomic E-state index is 12.7. The number of rotatable bonds is 7. The molecule has 3 aromatic rings. The van der Waals surface area contributed by atoms with Crippen molar-refractivity contribution < 1.29 is 17.6 Å². The molecule has 1 aromatic heterocycles. The fourth-order valence-corrected chi connectivity index (χ4v) is 3.78. The quantitative estimate of drug-likeness (QED) is 0.616. The molecule has 0 bridgehead atoms. The Bertz CT molecular complexity index is 996. The maximum Gasteiger partial charge on any atom is 0.243 e. The lowest BCUT2D eigenvalue weighted by atomic mass is 10.2. The average Bonchev–Trinajstić information content (AvgIpc) is 3.04. The molecule has 0 amide bonds. The molecule has 6 nitrogen and oxygen atoms in total. The van der Waals surface area contributed by atoms with Gasteiger partial charge in [-0.05, 0) is 50.2 Å². The molecule has 0 N–H and O–H groups in total. The Kier molecular flexibility index (Phi) is 5.62. The van der Waals surface area contributed by atoms with Crippen LogP contribution in [0.1, 0.15) is 18.4 Å². The number of ether oxygens (including phenoxy) is 1. The van der Waals surface area contributed by atoms with Gasteiger partial charge in [0.25, 0.3) is 0 Å². The summed E-state index contributed by atoms with van der Waals surface area (Å²) in [6.07, 6.45) is 0. The van der Waals surface area contributed by atoms with Gasteiger partial charge in [-0.3, -0.25) is 0 Å². The number of aromatic nitrogens is 1. The number of benzene rings is 2. The summed E-state index contributed by atoms with van der Waals surface area (Å²) in [5.41, 5.74) is 1.39. The van der Waals surface area contributed by atoms with Crippen LogP contribution >= 0.6 is 0 Å². The van der Waals surface area contributed by atoms with E-state index in [0.29, 0.717) is 24.0 Å². The van der Waals surface area contributed by atoms with Crippen molar-refractivity contribution >= 4 is 10.0 Å². The molecule has 0 fully saturated rings. The van der Waals surface area contributed by atoms with E-state index < -0.39 is 10.0 Å². The van der Waals surface area contributed by atoms with Gasteiger partial charge in [0, 0.05) is 12.6 Å². The van der Waals surface area contributed by atoms with Crippen LogP contribution in [0.15, 0.2) is 63.9 Å². The van der Waals surface area contributed by atoms with Crippen molar-refractivity contribution in [3.8, 4) is 17.2 Å². The van der Waals surface area contributed by atoms with Gasteiger partial charge in [-0.15, -0.1) is 0 Å². The third-order valence-electron chi connectivity index (χ3n) is 4.13. The van der Waals surface area contributed by atoms with Gasteiger partial charge in [0.1, 0.15) is 11.5 Å². The van der Waals surface area contributed by atoms with Crippen LogP contribution in [0.2, 0.25) is 0 Å². The second kappa shape index (κ2) is 7.94. The van der Waals surface area contributed by atoms with Crippen molar-refractivity contribution in [1.29, 1.82) is 0 Å². The maximum atomic E-state index is 12.7. The van der Waals surface area contributed by atoms with Gasteiger partial charge in [-0.1, -0.05) is 18.2 Å². The summed E-state index contributed by atoms with van der Waals surface area (Å²) in [5, 5.41) is 0. The molecule has 1 heterocycles. The Balaban J connectivity index is 1.80. The number of oxazole rings is 1. The summed E-state index contributed by atoms with van der Waals surface area (Å²) in [6.45, 7) is 4.44. The smallest absolute Gasteiger partial charge is 0.243 e. The molecule has 0 radical (unpaired) electrons. The molecular weight excluding hydrogens is 364 g/mol. The Morgan fingerprint density at radius 3 is 2.37 bits per heavy atom. The van der Waals surface area contributed by atoms with E-state index in [1.165, 1.54) is 11.4 Å². The van der Waals surface area contributed by atoms with Crippen molar-refractivity contribution in [2.45, 2.75) is 25.3 Å². The molecular formula is C20H22N2O4S. The molecule has 7 heteroatoms. The van der Waals surface area contributed by atoms with Crippen LogP contribution in [-0.2, 0) is 16.6 Å². The number of nitrogens with zero attached hydrogens (tertiary/aromatic N) is 2. The van der Waals surface area contributed by atoms with Crippen LogP contribution < -0.4 is 4.74 Å². The van der Waals surface area contributed by atoms with Crippen molar-refractivity contribution in [2.75, 3.05) is 13.7 Å². The molecule has 2 aromatic carbocycles. The fraction of sp³-hybridized carbons (Fsp3) is 0.250. The van der Waals surface area contributed by atoms with Crippen LogP contribution in [0.25, 0.3) is 11.5 Å². The van der Waals surface area contributed by atoms with Crippen molar-refractivity contribution in [2.24, 2.45) is 0 Å². The summed E-state index contributed by atoms with van der Waals surface area (Å²) in [5.74, 6) is 1.82. The molecule has 0 unspecified atom stereocenters. The standard InChI is InChI=1S/C20H22N2O4S/c1-4-25-17-12-10-16(11-13-17)20-21-19(15(2)26-20)14-22(3)27(23,24)18-8-6-5-7-9-18/h5-13H,4,14H2,1-3H3. The Morgan fingerprint density at radius 2 is 1.74 bits per heavy atom. The van der Waals surface area contributed by atoms with E-state index in [1.807, 2.05) is 31.2 Å². The summed E-state index contributed by atoms with van der Waals surface area (Å²) in [4.78, 5) is 4.74. The molecule has 27 heavy (non-hydrogen) atoms. The van der Waals surface area contributed by atoms with E-state index >= 15 is 0 Å². The number of aryl methyl sites for hydroxylation is 1. The third kappa shape index (κ3) is 4.20. The molecule has 0 atom stereocenters. The molecule has 0 spiro atoms. The number of sulfonamides is 1. The minimum absolute atomic E-state index is 0.129. The summed E-state index contributed by atoms with van der Waals surface area (Å²) < 4.78 is 37.8. The summed E-state index contributed by atoms with van der Waals surface area (Å²) in [6, 6.07) is 15.8. The van der Waals surface area contributed by atoms with Gasteiger partial charge in [-0.25, -0.2) is 13.4 Å². The minimum Gasteiger partial charge on any atom is -0.494 e. The van der Waals surface area contributed by atoms with E-state index in [2.05, 4.69) is 4.98 Å². The van der Waals surface area contributed by atoms with Crippen molar-refractivity contribution in [3.63, 3.8) is 0 Å². The zero-order valence-corrected chi connectivity index (χ0v) is 16.4. The van der Waals surface area contributed by atoms with E-state index in [-0.39, 0.29) is 11.4 Å². The molecule has 0 aliphatic carbocycles. The highest BCUT2D eigenvalue weighted by molar-refractivity contribution is 7.89. The van der Waals surface area contributed by atoms with Gasteiger partial charge >= 0.3 is 0 Å². The topological polar surface area (TPSA) is 72.6 Å². The Morgan fingerprint density at radius 1 is 1.07 bits per heavy atom. The molecule has 0 saturated heterocycles. The molecule has 142 valence electrons. The monoisotopic (exact) mass is 386 g/mol. The van der Waals surface area contributed by atoms with Crippen molar-refractivity contribution in [3.05, 3.63) is 66.1 Å². The van der Waals surface area contributed by atoms with Crippen molar-refractivity contribution in [1.82, 2.24) is 9.29 Å². The fourth-order valence-electron chi connectivity index (χ4n) is 2.63. The summed E-state index contributed by atoms with van der Waals surface area (Å²) in [7, 11) is -2.05. The minimum atomic E-state index is -3.59. The molecule has 3 rings (SSSR count). The lowest BCUT2D eigenvalue weighted by Gasteiger charge is -2.16. The normalized spacial score (nSPS) is 11.7. The van der Waals surface area contributed by atoms with Gasteiger partial charge in [0.2, 0.25) is 15.9 Å². The van der Waals surface area contributed by atoms with E-state index in [4.69, 9.17) is 9.15 Å².